The molecule has 1 aliphatic rings. The number of rotatable bonds is 6. The lowest BCUT2D eigenvalue weighted by Crippen LogP contribution is -2.29. The van der Waals surface area contributed by atoms with Crippen molar-refractivity contribution in [3.63, 3.8) is 0 Å². The lowest BCUT2D eigenvalue weighted by atomic mass is 10.1. The van der Waals surface area contributed by atoms with Crippen LogP contribution in [0, 0.1) is 0 Å². The average molecular weight is 379 g/mol. The van der Waals surface area contributed by atoms with Gasteiger partial charge in [0.05, 0.1) is 0 Å². The van der Waals surface area contributed by atoms with Crippen LogP contribution in [-0.2, 0) is 16.0 Å². The molecule has 0 unspecified atom stereocenters. The number of benzene rings is 2. The molecule has 2 aromatic carbocycles. The van der Waals surface area contributed by atoms with Gasteiger partial charge in [-0.05, 0) is 30.2 Å². The molecule has 7 heteroatoms. The molecule has 0 aliphatic carbocycles. The molecule has 0 spiro atoms. The second kappa shape index (κ2) is 8.04. The summed E-state index contributed by atoms with van der Waals surface area (Å²) in [6.07, 6.45) is 2.41. The SMILES string of the molecule is O=C(CC(=O)Nc1ccc2c(c1)OCCO2)NCCc1c[nH]c2ccccc12. The normalized spacial score (nSPS) is 12.6. The fraction of sp³-hybridized carbons (Fsp3) is 0.238. The van der Waals surface area contributed by atoms with Gasteiger partial charge in [-0.2, -0.15) is 0 Å². The Morgan fingerprint density at radius 2 is 1.82 bits per heavy atom. The standard InChI is InChI=1S/C21H21N3O4/c25-20(22-8-7-14-13-23-17-4-2-1-3-16(14)17)12-21(26)24-15-5-6-18-19(11-15)28-10-9-27-18/h1-6,11,13,23H,7-10,12H2,(H,22,25)(H,24,26). The summed E-state index contributed by atoms with van der Waals surface area (Å²) < 4.78 is 10.9. The zero-order valence-electron chi connectivity index (χ0n) is 15.3. The molecule has 3 N–H and O–H groups in total. The molecule has 144 valence electrons. The molecule has 0 radical (unpaired) electrons. The molecule has 4 rings (SSSR count). The summed E-state index contributed by atoms with van der Waals surface area (Å²) >= 11 is 0. The minimum absolute atomic E-state index is 0.234. The predicted molar refractivity (Wildman–Crippen MR) is 106 cm³/mol. The molecule has 0 atom stereocenters. The number of anilines is 1. The van der Waals surface area contributed by atoms with E-state index in [1.807, 2.05) is 30.5 Å². The fourth-order valence-electron chi connectivity index (χ4n) is 3.21. The van der Waals surface area contributed by atoms with Crippen LogP contribution in [0.4, 0.5) is 5.69 Å². The molecule has 2 heterocycles. The van der Waals surface area contributed by atoms with Crippen molar-refractivity contribution in [2.45, 2.75) is 12.8 Å². The molecule has 0 saturated heterocycles. The third-order valence-electron chi connectivity index (χ3n) is 4.54. The van der Waals surface area contributed by atoms with Gasteiger partial charge >= 0.3 is 0 Å². The highest BCUT2D eigenvalue weighted by Crippen LogP contribution is 2.32. The molecule has 0 bridgehead atoms. The van der Waals surface area contributed by atoms with Crippen molar-refractivity contribution < 1.29 is 19.1 Å². The monoisotopic (exact) mass is 379 g/mol. The first kappa shape index (κ1) is 17.9. The zero-order chi connectivity index (χ0) is 19.3. The molecule has 1 aromatic heterocycles. The predicted octanol–water partition coefficient (Wildman–Crippen LogP) is 2.63. The van der Waals surface area contributed by atoms with Crippen molar-refractivity contribution in [2.24, 2.45) is 0 Å². The number of para-hydroxylation sites is 1. The topological polar surface area (TPSA) is 92.5 Å². The van der Waals surface area contributed by atoms with E-state index in [0.29, 0.717) is 43.4 Å². The van der Waals surface area contributed by atoms with E-state index in [0.717, 1.165) is 16.5 Å². The van der Waals surface area contributed by atoms with Crippen LogP contribution in [0.5, 0.6) is 11.5 Å². The number of fused-ring (bicyclic) bond motifs is 2. The van der Waals surface area contributed by atoms with Gasteiger partial charge in [-0.1, -0.05) is 18.2 Å². The van der Waals surface area contributed by atoms with Crippen molar-refractivity contribution in [1.82, 2.24) is 10.3 Å². The number of aromatic nitrogens is 1. The van der Waals surface area contributed by atoms with Crippen LogP contribution in [0.25, 0.3) is 10.9 Å². The van der Waals surface area contributed by atoms with Crippen LogP contribution in [0.3, 0.4) is 0 Å². The highest BCUT2D eigenvalue weighted by Gasteiger charge is 2.14. The van der Waals surface area contributed by atoms with Crippen molar-refractivity contribution in [3.8, 4) is 11.5 Å². The summed E-state index contributed by atoms with van der Waals surface area (Å²) in [5.74, 6) is 0.558. The molecule has 2 amide bonds. The van der Waals surface area contributed by atoms with E-state index in [4.69, 9.17) is 9.47 Å². The highest BCUT2D eigenvalue weighted by molar-refractivity contribution is 6.03. The summed E-state index contributed by atoms with van der Waals surface area (Å²) in [7, 11) is 0. The minimum Gasteiger partial charge on any atom is -0.486 e. The second-order valence-corrected chi connectivity index (χ2v) is 6.54. The highest BCUT2D eigenvalue weighted by atomic mass is 16.6. The number of nitrogens with one attached hydrogen (secondary N) is 3. The van der Waals surface area contributed by atoms with Crippen LogP contribution < -0.4 is 20.1 Å². The average Bonchev–Trinajstić information content (AvgIpc) is 3.11. The van der Waals surface area contributed by atoms with Gasteiger partial charge < -0.3 is 25.1 Å². The summed E-state index contributed by atoms with van der Waals surface area (Å²) in [5.41, 5.74) is 2.78. The molecule has 28 heavy (non-hydrogen) atoms. The Kier molecular flexibility index (Phi) is 5.14. The lowest BCUT2D eigenvalue weighted by Gasteiger charge is -2.19. The van der Waals surface area contributed by atoms with Crippen LogP contribution in [-0.4, -0.2) is 36.6 Å². The van der Waals surface area contributed by atoms with E-state index in [1.54, 1.807) is 18.2 Å². The Bertz CT molecular complexity index is 1010. The summed E-state index contributed by atoms with van der Waals surface area (Å²) in [4.78, 5) is 27.4. The van der Waals surface area contributed by atoms with E-state index in [2.05, 4.69) is 15.6 Å². The van der Waals surface area contributed by atoms with Crippen molar-refractivity contribution in [3.05, 3.63) is 54.2 Å². The van der Waals surface area contributed by atoms with Crippen LogP contribution in [0.15, 0.2) is 48.7 Å². The quantitative estimate of drug-likeness (QED) is 0.574. The smallest absolute Gasteiger partial charge is 0.233 e. The largest absolute Gasteiger partial charge is 0.486 e. The lowest BCUT2D eigenvalue weighted by molar-refractivity contribution is -0.126. The van der Waals surface area contributed by atoms with E-state index in [-0.39, 0.29) is 18.2 Å². The van der Waals surface area contributed by atoms with Gasteiger partial charge in [-0.25, -0.2) is 0 Å². The zero-order valence-corrected chi connectivity index (χ0v) is 15.3. The molecule has 7 nitrogen and oxygen atoms in total. The first-order chi connectivity index (χ1) is 13.7. The number of carbonyl (C=O) groups excluding carboxylic acids is 2. The Morgan fingerprint density at radius 3 is 2.71 bits per heavy atom. The van der Waals surface area contributed by atoms with Gasteiger partial charge in [0.1, 0.15) is 19.6 Å². The maximum Gasteiger partial charge on any atom is 0.233 e. The van der Waals surface area contributed by atoms with Gasteiger partial charge in [0.15, 0.2) is 11.5 Å². The van der Waals surface area contributed by atoms with Crippen molar-refractivity contribution in [1.29, 1.82) is 0 Å². The number of H-pyrrole nitrogens is 1. The maximum atomic E-state index is 12.1. The number of carbonyl (C=O) groups is 2. The first-order valence-electron chi connectivity index (χ1n) is 9.20. The van der Waals surface area contributed by atoms with Gasteiger partial charge in [0.2, 0.25) is 11.8 Å². The number of ether oxygens (including phenoxy) is 2. The third-order valence-corrected chi connectivity index (χ3v) is 4.54. The third kappa shape index (κ3) is 4.09. The Labute approximate surface area is 162 Å². The van der Waals surface area contributed by atoms with Gasteiger partial charge in [0.25, 0.3) is 0 Å². The van der Waals surface area contributed by atoms with E-state index >= 15 is 0 Å². The van der Waals surface area contributed by atoms with E-state index in [1.165, 1.54) is 0 Å². The number of aromatic amines is 1. The van der Waals surface area contributed by atoms with E-state index in [9.17, 15) is 9.59 Å². The summed E-state index contributed by atoms with van der Waals surface area (Å²) in [6, 6.07) is 13.2. The minimum atomic E-state index is -0.374. The molecule has 1 aliphatic heterocycles. The number of hydrogen-bond acceptors (Lipinski definition) is 4. The van der Waals surface area contributed by atoms with Crippen molar-refractivity contribution in [2.75, 3.05) is 25.1 Å². The van der Waals surface area contributed by atoms with Crippen molar-refractivity contribution >= 4 is 28.4 Å². The fourth-order valence-corrected chi connectivity index (χ4v) is 3.21. The molecular formula is C21H21N3O4. The first-order valence-corrected chi connectivity index (χ1v) is 9.20. The van der Waals surface area contributed by atoms with Gasteiger partial charge in [-0.15, -0.1) is 0 Å². The molecule has 0 saturated carbocycles. The molecular weight excluding hydrogens is 358 g/mol. The number of amides is 2. The second-order valence-electron chi connectivity index (χ2n) is 6.54. The molecule has 3 aromatic rings. The van der Waals surface area contributed by atoms with Crippen LogP contribution in [0.2, 0.25) is 0 Å². The van der Waals surface area contributed by atoms with Crippen LogP contribution in [0.1, 0.15) is 12.0 Å². The Morgan fingerprint density at radius 1 is 1.00 bits per heavy atom. The number of hydrogen-bond donors (Lipinski definition) is 3. The Hall–Kier alpha value is -3.48. The van der Waals surface area contributed by atoms with Gasteiger partial charge in [0, 0.05) is 35.4 Å². The van der Waals surface area contributed by atoms with Gasteiger partial charge in [-0.3, -0.25) is 9.59 Å². The maximum absolute atomic E-state index is 12.1. The molecule has 0 fully saturated rings. The summed E-state index contributed by atoms with van der Waals surface area (Å²) in [5, 5.41) is 6.65. The van der Waals surface area contributed by atoms with Crippen LogP contribution >= 0.6 is 0 Å². The Balaban J connectivity index is 1.25. The van der Waals surface area contributed by atoms with E-state index < -0.39 is 0 Å². The summed E-state index contributed by atoms with van der Waals surface area (Å²) in [6.45, 7) is 1.46.